The van der Waals surface area contributed by atoms with Crippen molar-refractivity contribution in [1.29, 1.82) is 0 Å². The van der Waals surface area contributed by atoms with Crippen molar-refractivity contribution in [3.8, 4) is 0 Å². The Morgan fingerprint density at radius 3 is 2.43 bits per heavy atom. The van der Waals surface area contributed by atoms with Crippen LogP contribution in [0.3, 0.4) is 0 Å². The summed E-state index contributed by atoms with van der Waals surface area (Å²) in [6.45, 7) is 2.45. The highest BCUT2D eigenvalue weighted by molar-refractivity contribution is 7.98. The van der Waals surface area contributed by atoms with Gasteiger partial charge in [0.2, 0.25) is 0 Å². The lowest BCUT2D eigenvalue weighted by molar-refractivity contribution is 0.0697. The molecule has 5 nitrogen and oxygen atoms in total. The fraction of sp³-hybridized carbons (Fsp3) is 0.467. The molecule has 0 fully saturated rings. The van der Waals surface area contributed by atoms with Crippen molar-refractivity contribution in [3.63, 3.8) is 0 Å². The summed E-state index contributed by atoms with van der Waals surface area (Å²) in [5.41, 5.74) is 1.12. The van der Waals surface area contributed by atoms with Crippen molar-refractivity contribution >= 4 is 23.8 Å². The number of amides is 2. The highest BCUT2D eigenvalue weighted by atomic mass is 32.2. The maximum atomic E-state index is 12.1. The summed E-state index contributed by atoms with van der Waals surface area (Å²) in [5, 5.41) is 11.7. The Morgan fingerprint density at radius 2 is 1.95 bits per heavy atom. The van der Waals surface area contributed by atoms with Gasteiger partial charge in [0.15, 0.2) is 0 Å². The Labute approximate surface area is 129 Å². The van der Waals surface area contributed by atoms with Crippen LogP contribution in [0.15, 0.2) is 24.3 Å². The molecule has 0 saturated heterocycles. The fourth-order valence-electron chi connectivity index (χ4n) is 1.93. The lowest BCUT2D eigenvalue weighted by Crippen LogP contribution is -2.44. The van der Waals surface area contributed by atoms with E-state index in [4.69, 9.17) is 5.11 Å². The van der Waals surface area contributed by atoms with E-state index in [9.17, 15) is 9.59 Å². The van der Waals surface area contributed by atoms with E-state index >= 15 is 0 Å². The van der Waals surface area contributed by atoms with Crippen LogP contribution < -0.4 is 5.32 Å². The number of aromatic carboxylic acids is 1. The van der Waals surface area contributed by atoms with Gasteiger partial charge in [0.1, 0.15) is 0 Å². The minimum atomic E-state index is -0.951. The number of rotatable bonds is 7. The quantitative estimate of drug-likeness (QED) is 0.812. The van der Waals surface area contributed by atoms with Crippen molar-refractivity contribution in [2.24, 2.45) is 0 Å². The minimum absolute atomic E-state index is 0.113. The smallest absolute Gasteiger partial charge is 0.335 e. The van der Waals surface area contributed by atoms with E-state index in [-0.39, 0.29) is 17.6 Å². The highest BCUT2D eigenvalue weighted by Gasteiger charge is 2.17. The van der Waals surface area contributed by atoms with Gasteiger partial charge < -0.3 is 15.3 Å². The second kappa shape index (κ2) is 8.56. The zero-order chi connectivity index (χ0) is 15.8. The van der Waals surface area contributed by atoms with E-state index in [1.165, 1.54) is 12.1 Å². The summed E-state index contributed by atoms with van der Waals surface area (Å²) in [7, 11) is 1.80. The van der Waals surface area contributed by atoms with Gasteiger partial charge in [0, 0.05) is 25.4 Å². The summed E-state index contributed by atoms with van der Waals surface area (Å²) < 4.78 is 0. The Morgan fingerprint density at radius 1 is 1.33 bits per heavy atom. The zero-order valence-electron chi connectivity index (χ0n) is 12.6. The third kappa shape index (κ3) is 5.30. The predicted molar refractivity (Wildman–Crippen MR) is 85.9 cm³/mol. The van der Waals surface area contributed by atoms with Crippen LogP contribution in [0.5, 0.6) is 0 Å². The first-order valence-corrected chi connectivity index (χ1v) is 8.20. The molecule has 1 aromatic rings. The Hall–Kier alpha value is -1.69. The Kier molecular flexibility index (Phi) is 7.08. The zero-order valence-corrected chi connectivity index (χ0v) is 13.4. The van der Waals surface area contributed by atoms with Crippen LogP contribution in [-0.2, 0) is 6.54 Å². The average Bonchev–Trinajstić information content (AvgIpc) is 2.49. The normalized spacial score (nSPS) is 11.8. The maximum Gasteiger partial charge on any atom is 0.335 e. The molecule has 0 bridgehead atoms. The van der Waals surface area contributed by atoms with Crippen LogP contribution in [0.4, 0.5) is 4.79 Å². The number of hydrogen-bond acceptors (Lipinski definition) is 3. The van der Waals surface area contributed by atoms with Gasteiger partial charge in [-0.3, -0.25) is 0 Å². The molecule has 2 N–H and O–H groups in total. The molecule has 116 valence electrons. The third-order valence-electron chi connectivity index (χ3n) is 3.34. The summed E-state index contributed by atoms with van der Waals surface area (Å²) in [6, 6.07) is 6.60. The SMILES string of the molecule is CCC(CSC)N(C)C(=O)NCc1ccc(C(=O)O)cc1. The fourth-order valence-corrected chi connectivity index (χ4v) is 2.77. The third-order valence-corrected chi connectivity index (χ3v) is 4.06. The average molecular weight is 310 g/mol. The molecule has 1 atom stereocenters. The first-order valence-electron chi connectivity index (χ1n) is 6.81. The number of benzene rings is 1. The molecule has 1 rings (SSSR count). The van der Waals surface area contributed by atoms with Crippen LogP contribution in [0.2, 0.25) is 0 Å². The molecule has 6 heteroatoms. The van der Waals surface area contributed by atoms with Gasteiger partial charge in [-0.1, -0.05) is 19.1 Å². The molecule has 0 spiro atoms. The van der Waals surface area contributed by atoms with E-state index < -0.39 is 5.97 Å². The number of nitrogens with zero attached hydrogens (tertiary/aromatic N) is 1. The number of urea groups is 1. The van der Waals surface area contributed by atoms with Gasteiger partial charge >= 0.3 is 12.0 Å². The van der Waals surface area contributed by atoms with E-state index in [0.717, 1.165) is 17.7 Å². The number of carbonyl (C=O) groups is 2. The largest absolute Gasteiger partial charge is 0.478 e. The van der Waals surface area contributed by atoms with E-state index in [2.05, 4.69) is 12.2 Å². The van der Waals surface area contributed by atoms with E-state index in [0.29, 0.717) is 6.54 Å². The summed E-state index contributed by atoms with van der Waals surface area (Å²) >= 11 is 1.72. The van der Waals surface area contributed by atoms with Crippen molar-refractivity contribution in [1.82, 2.24) is 10.2 Å². The molecule has 21 heavy (non-hydrogen) atoms. The Balaban J connectivity index is 2.53. The number of carboxylic acids is 1. The lowest BCUT2D eigenvalue weighted by Gasteiger charge is -2.27. The van der Waals surface area contributed by atoms with Crippen LogP contribution in [-0.4, -0.2) is 47.1 Å². The molecule has 0 aliphatic carbocycles. The summed E-state index contributed by atoms with van der Waals surface area (Å²) in [5.74, 6) is -0.0403. The lowest BCUT2D eigenvalue weighted by atomic mass is 10.1. The molecular formula is C15H22N2O3S. The minimum Gasteiger partial charge on any atom is -0.478 e. The molecule has 0 radical (unpaired) electrons. The van der Waals surface area contributed by atoms with Crippen LogP contribution in [0, 0.1) is 0 Å². The molecule has 1 aromatic carbocycles. The summed E-state index contributed by atoms with van der Waals surface area (Å²) in [4.78, 5) is 24.6. The van der Waals surface area contributed by atoms with Crippen LogP contribution in [0.25, 0.3) is 0 Å². The van der Waals surface area contributed by atoms with Crippen LogP contribution in [0.1, 0.15) is 29.3 Å². The number of carbonyl (C=O) groups excluding carboxylic acids is 1. The second-order valence-electron chi connectivity index (χ2n) is 4.79. The first kappa shape index (κ1) is 17.4. The van der Waals surface area contributed by atoms with E-state index in [1.807, 2.05) is 6.26 Å². The second-order valence-corrected chi connectivity index (χ2v) is 5.70. The molecule has 0 aliphatic heterocycles. The van der Waals surface area contributed by atoms with Gasteiger partial charge in [-0.05, 0) is 30.4 Å². The molecule has 0 heterocycles. The van der Waals surface area contributed by atoms with Gasteiger partial charge in [0.05, 0.1) is 5.56 Å². The number of thioether (sulfide) groups is 1. The molecule has 2 amide bonds. The van der Waals surface area contributed by atoms with Crippen LogP contribution >= 0.6 is 11.8 Å². The molecule has 1 unspecified atom stereocenters. The standard InChI is InChI=1S/C15H22N2O3S/c1-4-13(10-21-3)17(2)15(20)16-9-11-5-7-12(8-6-11)14(18)19/h5-8,13H,4,9-10H2,1-3H3,(H,16,20)(H,18,19). The summed E-state index contributed by atoms with van der Waals surface area (Å²) in [6.07, 6.45) is 2.94. The number of carboxylic acid groups (broad SMARTS) is 1. The number of nitrogens with one attached hydrogen (secondary N) is 1. The van der Waals surface area contributed by atoms with Gasteiger partial charge in [-0.2, -0.15) is 11.8 Å². The molecule has 0 aromatic heterocycles. The van der Waals surface area contributed by atoms with Gasteiger partial charge in [-0.15, -0.1) is 0 Å². The van der Waals surface area contributed by atoms with Crippen molar-refractivity contribution in [2.45, 2.75) is 25.9 Å². The topological polar surface area (TPSA) is 69.6 Å². The highest BCUT2D eigenvalue weighted by Crippen LogP contribution is 2.09. The monoisotopic (exact) mass is 310 g/mol. The predicted octanol–water partition coefficient (Wildman–Crippen LogP) is 2.67. The van der Waals surface area contributed by atoms with Crippen molar-refractivity contribution in [3.05, 3.63) is 35.4 Å². The van der Waals surface area contributed by atoms with Crippen molar-refractivity contribution in [2.75, 3.05) is 19.1 Å². The Bertz CT molecular complexity index is 476. The van der Waals surface area contributed by atoms with E-state index in [1.54, 1.807) is 35.8 Å². The molecule has 0 saturated carbocycles. The van der Waals surface area contributed by atoms with Gasteiger partial charge in [0.25, 0.3) is 0 Å². The molecular weight excluding hydrogens is 288 g/mol. The maximum absolute atomic E-state index is 12.1. The van der Waals surface area contributed by atoms with Crippen molar-refractivity contribution < 1.29 is 14.7 Å². The first-order chi connectivity index (χ1) is 9.99. The number of hydrogen-bond donors (Lipinski definition) is 2. The van der Waals surface area contributed by atoms with Gasteiger partial charge in [-0.25, -0.2) is 9.59 Å². The molecule has 0 aliphatic rings.